The summed E-state index contributed by atoms with van der Waals surface area (Å²) in [6.07, 6.45) is 2.32. The van der Waals surface area contributed by atoms with Gasteiger partial charge in [-0.2, -0.15) is 4.57 Å². The first kappa shape index (κ1) is 27.9. The first-order valence-electron chi connectivity index (χ1n) is 11.8. The number of benzene rings is 3. The number of halogens is 1. The molecule has 1 aromatic heterocycles. The number of anilines is 1. The Balaban J connectivity index is 1.52. The van der Waals surface area contributed by atoms with Crippen LogP contribution in [0.1, 0.15) is 11.4 Å². The van der Waals surface area contributed by atoms with Gasteiger partial charge in [0.05, 0.1) is 54.2 Å². The molecule has 0 radical (unpaired) electrons. The Morgan fingerprint density at radius 3 is 2.51 bits per heavy atom. The highest BCUT2D eigenvalue weighted by Gasteiger charge is 2.29. The van der Waals surface area contributed by atoms with Crippen molar-refractivity contribution in [2.75, 3.05) is 24.7 Å². The van der Waals surface area contributed by atoms with E-state index in [1.54, 1.807) is 0 Å². The zero-order valence-corrected chi connectivity index (χ0v) is 23.5. The van der Waals surface area contributed by atoms with E-state index in [0.717, 1.165) is 32.0 Å². The molecule has 1 aliphatic rings. The predicted molar refractivity (Wildman–Crippen MR) is 149 cm³/mol. The lowest BCUT2D eigenvalue weighted by Crippen LogP contribution is -2.36. The average molecular weight is 606 g/mol. The average Bonchev–Trinajstić information content (AvgIpc) is 3.43. The molecule has 5 rings (SSSR count). The lowest BCUT2D eigenvalue weighted by Gasteiger charge is -2.18. The zero-order chi connectivity index (χ0) is 27.4. The summed E-state index contributed by atoms with van der Waals surface area (Å²) >= 11 is 2.58. The molecule has 13 heteroatoms. The van der Waals surface area contributed by atoms with Gasteiger partial charge in [0, 0.05) is 17.5 Å². The highest BCUT2D eigenvalue weighted by Crippen LogP contribution is 2.42. The molecular formula is C26H22ClN2O7S3-. The van der Waals surface area contributed by atoms with E-state index in [1.165, 1.54) is 11.3 Å². The van der Waals surface area contributed by atoms with Crippen molar-refractivity contribution in [2.45, 2.75) is 13.0 Å². The lowest BCUT2D eigenvalue weighted by molar-refractivity contribution is -0.669. The SMILES string of the molecule is O=S([O-])OCCC[n+]1c(C=C2Oc3ccc(-c4ccccc4)cc3N2CCOS(=O)[O-])sc2ccc(Cl)cc21. The van der Waals surface area contributed by atoms with E-state index in [2.05, 4.69) is 4.18 Å². The number of rotatable bonds is 11. The zero-order valence-electron chi connectivity index (χ0n) is 20.3. The summed E-state index contributed by atoms with van der Waals surface area (Å²) in [6, 6.07) is 21.4. The Bertz CT molecular complexity index is 1560. The summed E-state index contributed by atoms with van der Waals surface area (Å²) in [4.78, 5) is 1.88. The summed E-state index contributed by atoms with van der Waals surface area (Å²) < 4.78 is 62.3. The normalized spacial score (nSPS) is 15.5. The topological polar surface area (TPSA) is 115 Å². The van der Waals surface area contributed by atoms with Gasteiger partial charge < -0.3 is 22.9 Å². The van der Waals surface area contributed by atoms with E-state index in [-0.39, 0.29) is 19.8 Å². The standard InChI is InChI=1S/C26H23ClN2O7S3/c27-20-8-10-24-22(16-20)29(11-4-13-34-38(30)31)26(37-24)17-25-28(12-14-35-39(32)33)21-15-19(7-9-23(21)36-25)18-5-2-1-3-6-18/h1-3,5-10,15-17H,4,11-14H2,(H-,30,31,32,33)/p-1. The molecule has 0 saturated carbocycles. The second-order valence-electron chi connectivity index (χ2n) is 8.39. The van der Waals surface area contributed by atoms with Crippen LogP contribution in [0.15, 0.2) is 72.6 Å². The van der Waals surface area contributed by atoms with Crippen molar-refractivity contribution in [3.63, 3.8) is 0 Å². The minimum atomic E-state index is -2.64. The fourth-order valence-electron chi connectivity index (χ4n) is 4.31. The van der Waals surface area contributed by atoms with Crippen molar-refractivity contribution in [3.05, 3.63) is 82.6 Å². The molecule has 2 unspecified atom stereocenters. The largest absolute Gasteiger partial charge is 0.750 e. The number of hydrogen-bond donors (Lipinski definition) is 0. The van der Waals surface area contributed by atoms with Crippen molar-refractivity contribution in [1.82, 2.24) is 0 Å². The van der Waals surface area contributed by atoms with E-state index < -0.39 is 22.7 Å². The molecule has 2 atom stereocenters. The van der Waals surface area contributed by atoms with E-state index in [0.29, 0.717) is 29.6 Å². The highest BCUT2D eigenvalue weighted by atomic mass is 35.5. The van der Waals surface area contributed by atoms with Crippen LogP contribution in [-0.4, -0.2) is 37.3 Å². The molecule has 0 saturated heterocycles. The van der Waals surface area contributed by atoms with Gasteiger partial charge in [-0.3, -0.25) is 4.18 Å². The summed E-state index contributed by atoms with van der Waals surface area (Å²) in [5.41, 5.74) is 3.70. The molecule has 0 N–H and O–H groups in total. The van der Waals surface area contributed by atoms with Gasteiger partial charge in [0.1, 0.15) is 4.70 Å². The highest BCUT2D eigenvalue weighted by molar-refractivity contribution is 7.74. The summed E-state index contributed by atoms with van der Waals surface area (Å²) in [7, 11) is 0. The number of nitrogens with zero attached hydrogens (tertiary/aromatic N) is 2. The molecule has 0 fully saturated rings. The number of thiazole rings is 1. The quantitative estimate of drug-likeness (QED) is 0.137. The molecule has 1 aliphatic heterocycles. The first-order chi connectivity index (χ1) is 18.9. The van der Waals surface area contributed by atoms with Gasteiger partial charge in [0.25, 0.3) is 5.01 Å². The Kier molecular flexibility index (Phi) is 9.05. The Morgan fingerprint density at radius 1 is 0.974 bits per heavy atom. The van der Waals surface area contributed by atoms with Crippen LogP contribution in [0, 0.1) is 0 Å². The third kappa shape index (κ3) is 6.73. The number of aryl methyl sites for hydroxylation is 1. The maximum Gasteiger partial charge on any atom is 0.268 e. The molecule has 0 amide bonds. The van der Waals surface area contributed by atoms with Crippen molar-refractivity contribution in [1.29, 1.82) is 0 Å². The van der Waals surface area contributed by atoms with Crippen LogP contribution >= 0.6 is 22.9 Å². The minimum Gasteiger partial charge on any atom is -0.750 e. The van der Waals surface area contributed by atoms with E-state index in [9.17, 15) is 17.5 Å². The van der Waals surface area contributed by atoms with Crippen molar-refractivity contribution < 1.29 is 35.2 Å². The van der Waals surface area contributed by atoms with Gasteiger partial charge >= 0.3 is 0 Å². The van der Waals surface area contributed by atoms with Crippen LogP contribution < -0.4 is 14.2 Å². The second kappa shape index (κ2) is 12.7. The monoisotopic (exact) mass is 605 g/mol. The molecule has 204 valence electrons. The van der Waals surface area contributed by atoms with Crippen molar-refractivity contribution in [3.8, 4) is 16.9 Å². The van der Waals surface area contributed by atoms with Gasteiger partial charge in [0.2, 0.25) is 11.4 Å². The van der Waals surface area contributed by atoms with Gasteiger partial charge in [-0.15, -0.1) is 0 Å². The van der Waals surface area contributed by atoms with Crippen molar-refractivity contribution in [2.24, 2.45) is 0 Å². The molecule has 3 aromatic carbocycles. The smallest absolute Gasteiger partial charge is 0.268 e. The van der Waals surface area contributed by atoms with Crippen molar-refractivity contribution >= 4 is 67.6 Å². The van der Waals surface area contributed by atoms with E-state index in [4.69, 9.17) is 20.5 Å². The number of fused-ring (bicyclic) bond motifs is 2. The lowest BCUT2D eigenvalue weighted by atomic mass is 10.0. The van der Waals surface area contributed by atoms with Gasteiger partial charge in [-0.25, -0.2) is 8.42 Å². The predicted octanol–water partition coefficient (Wildman–Crippen LogP) is 4.72. The molecular weight excluding hydrogens is 584 g/mol. The first-order valence-corrected chi connectivity index (χ1v) is 15.0. The van der Waals surface area contributed by atoms with Crippen LogP contribution in [0.3, 0.4) is 0 Å². The molecule has 39 heavy (non-hydrogen) atoms. The number of ether oxygens (including phenoxy) is 1. The molecule has 0 spiro atoms. The molecule has 0 aliphatic carbocycles. The van der Waals surface area contributed by atoms with E-state index in [1.807, 2.05) is 82.3 Å². The third-order valence-electron chi connectivity index (χ3n) is 5.98. The van der Waals surface area contributed by atoms with E-state index >= 15 is 0 Å². The molecule has 0 bridgehead atoms. The molecule has 4 aromatic rings. The number of aromatic nitrogens is 1. The Hall–Kier alpha value is -2.68. The maximum atomic E-state index is 11.0. The maximum absolute atomic E-state index is 11.0. The second-order valence-corrected chi connectivity index (χ2v) is 11.2. The molecule has 9 nitrogen and oxygen atoms in total. The fraction of sp³-hybridized carbons (Fsp3) is 0.192. The third-order valence-corrected chi connectivity index (χ3v) is 8.04. The Labute approximate surface area is 239 Å². The summed E-state index contributed by atoms with van der Waals surface area (Å²) in [5.74, 6) is 1.13. The summed E-state index contributed by atoms with van der Waals surface area (Å²) in [5, 5.41) is 1.41. The fourth-order valence-corrected chi connectivity index (χ4v) is 6.04. The number of hydrogen-bond acceptors (Lipinski definition) is 9. The van der Waals surface area contributed by atoms with Crippen LogP contribution in [0.25, 0.3) is 27.4 Å². The molecule has 2 heterocycles. The van der Waals surface area contributed by atoms with Crippen LogP contribution in [0.5, 0.6) is 5.75 Å². The van der Waals surface area contributed by atoms with Gasteiger partial charge in [-0.1, -0.05) is 59.3 Å². The van der Waals surface area contributed by atoms with Crippen LogP contribution in [-0.2, 0) is 37.6 Å². The van der Waals surface area contributed by atoms with Crippen LogP contribution in [0.4, 0.5) is 5.69 Å². The van der Waals surface area contributed by atoms with Gasteiger partial charge in [0.15, 0.2) is 12.3 Å². The Morgan fingerprint density at radius 2 is 1.74 bits per heavy atom. The van der Waals surface area contributed by atoms with Crippen LogP contribution in [0.2, 0.25) is 5.02 Å². The van der Waals surface area contributed by atoms with Gasteiger partial charge in [-0.05, 0) is 35.4 Å². The minimum absolute atomic E-state index is 0.0387. The summed E-state index contributed by atoms with van der Waals surface area (Å²) in [6.45, 7) is 0.666.